The molecular weight excluding hydrogens is 229 g/mol. The molecule has 0 aliphatic carbocycles. The average Bonchev–Trinajstić information content (AvgIpc) is 2.29. The molecule has 0 heterocycles. The predicted molar refractivity (Wildman–Crippen MR) is 73.5 cm³/mol. The van der Waals surface area contributed by atoms with E-state index in [1.165, 1.54) is 6.07 Å². The largest absolute Gasteiger partial charge is 0.487 e. The van der Waals surface area contributed by atoms with Crippen LogP contribution in [0.1, 0.15) is 52.6 Å². The molecule has 1 rings (SSSR count). The van der Waals surface area contributed by atoms with E-state index in [0.717, 1.165) is 13.0 Å². The van der Waals surface area contributed by atoms with E-state index in [4.69, 9.17) is 4.74 Å². The van der Waals surface area contributed by atoms with Crippen molar-refractivity contribution >= 4 is 0 Å². The summed E-state index contributed by atoms with van der Waals surface area (Å²) in [6.07, 6.45) is 0.874. The van der Waals surface area contributed by atoms with Gasteiger partial charge in [-0.1, -0.05) is 19.9 Å². The Kier molecular flexibility index (Phi) is 5.15. The summed E-state index contributed by atoms with van der Waals surface area (Å²) in [5, 5.41) is 3.23. The van der Waals surface area contributed by atoms with Crippen LogP contribution in [0.15, 0.2) is 18.2 Å². The minimum absolute atomic E-state index is 0.0566. The van der Waals surface area contributed by atoms with Crippen molar-refractivity contribution in [1.29, 1.82) is 0 Å². The van der Waals surface area contributed by atoms with Crippen molar-refractivity contribution in [2.24, 2.45) is 0 Å². The van der Waals surface area contributed by atoms with Crippen molar-refractivity contribution in [1.82, 2.24) is 5.32 Å². The molecule has 1 aromatic rings. The Bertz CT molecular complexity index is 390. The zero-order valence-electron chi connectivity index (χ0n) is 12.0. The lowest BCUT2D eigenvalue weighted by Gasteiger charge is -2.28. The molecular formula is C15H24FNO. The van der Waals surface area contributed by atoms with E-state index >= 15 is 0 Å². The third kappa shape index (κ3) is 3.70. The highest BCUT2D eigenvalue weighted by atomic mass is 19.1. The Labute approximate surface area is 110 Å². The molecule has 0 spiro atoms. The molecule has 0 aliphatic rings. The minimum Gasteiger partial charge on any atom is -0.487 e. The van der Waals surface area contributed by atoms with E-state index in [0.29, 0.717) is 11.3 Å². The monoisotopic (exact) mass is 253 g/mol. The van der Waals surface area contributed by atoms with Gasteiger partial charge in [0.05, 0.1) is 0 Å². The summed E-state index contributed by atoms with van der Waals surface area (Å²) >= 11 is 0. The van der Waals surface area contributed by atoms with E-state index in [-0.39, 0.29) is 17.5 Å². The quantitative estimate of drug-likeness (QED) is 0.825. The number of halogens is 1. The minimum atomic E-state index is -0.283. The number of hydrogen-bond acceptors (Lipinski definition) is 2. The summed E-state index contributed by atoms with van der Waals surface area (Å²) in [4.78, 5) is 0. The number of benzene rings is 1. The predicted octanol–water partition coefficient (Wildman–Crippen LogP) is 4.06. The van der Waals surface area contributed by atoms with Crippen LogP contribution in [0, 0.1) is 5.82 Å². The molecule has 2 nitrogen and oxygen atoms in total. The SMILES string of the molecule is CCNC(C)c1c(F)cccc1OC(C)(C)CC. The van der Waals surface area contributed by atoms with E-state index in [1.54, 1.807) is 6.07 Å². The van der Waals surface area contributed by atoms with Gasteiger partial charge >= 0.3 is 0 Å². The van der Waals surface area contributed by atoms with Gasteiger partial charge in [0.15, 0.2) is 0 Å². The van der Waals surface area contributed by atoms with Crippen LogP contribution in [0.3, 0.4) is 0 Å². The Morgan fingerprint density at radius 1 is 1.33 bits per heavy atom. The first kappa shape index (κ1) is 15.0. The summed E-state index contributed by atoms with van der Waals surface area (Å²) in [5.74, 6) is 0.420. The Morgan fingerprint density at radius 3 is 2.56 bits per heavy atom. The van der Waals surface area contributed by atoms with Gasteiger partial charge < -0.3 is 10.1 Å². The summed E-state index contributed by atoms with van der Waals surface area (Å²) in [7, 11) is 0. The summed E-state index contributed by atoms with van der Waals surface area (Å²) in [6.45, 7) is 10.8. The van der Waals surface area contributed by atoms with Crippen LogP contribution < -0.4 is 10.1 Å². The average molecular weight is 253 g/mol. The third-order valence-corrected chi connectivity index (χ3v) is 3.19. The van der Waals surface area contributed by atoms with Gasteiger partial charge in [0.1, 0.15) is 17.2 Å². The zero-order valence-corrected chi connectivity index (χ0v) is 12.0. The second kappa shape index (κ2) is 6.19. The maximum absolute atomic E-state index is 14.0. The Balaban J connectivity index is 3.08. The lowest BCUT2D eigenvalue weighted by Crippen LogP contribution is -2.28. The molecule has 1 aromatic carbocycles. The molecule has 18 heavy (non-hydrogen) atoms. The van der Waals surface area contributed by atoms with Gasteiger partial charge in [0.25, 0.3) is 0 Å². The van der Waals surface area contributed by atoms with Crippen LogP contribution in [0.25, 0.3) is 0 Å². The van der Waals surface area contributed by atoms with Crippen molar-refractivity contribution in [3.63, 3.8) is 0 Å². The van der Waals surface area contributed by atoms with Gasteiger partial charge in [0.2, 0.25) is 0 Å². The van der Waals surface area contributed by atoms with Gasteiger partial charge in [0, 0.05) is 11.6 Å². The van der Waals surface area contributed by atoms with Gasteiger partial charge in [-0.25, -0.2) is 4.39 Å². The maximum atomic E-state index is 14.0. The molecule has 3 heteroatoms. The molecule has 102 valence electrons. The smallest absolute Gasteiger partial charge is 0.131 e. The number of ether oxygens (including phenoxy) is 1. The van der Waals surface area contributed by atoms with Gasteiger partial charge in [-0.2, -0.15) is 0 Å². The first-order valence-corrected chi connectivity index (χ1v) is 6.62. The lowest BCUT2D eigenvalue weighted by molar-refractivity contribution is 0.102. The Morgan fingerprint density at radius 2 is 2.00 bits per heavy atom. The van der Waals surface area contributed by atoms with Crippen molar-refractivity contribution in [3.8, 4) is 5.75 Å². The highest BCUT2D eigenvalue weighted by Crippen LogP contribution is 2.31. The number of hydrogen-bond donors (Lipinski definition) is 1. The van der Waals surface area contributed by atoms with Crippen molar-refractivity contribution in [3.05, 3.63) is 29.6 Å². The third-order valence-electron chi connectivity index (χ3n) is 3.19. The van der Waals surface area contributed by atoms with Crippen molar-refractivity contribution < 1.29 is 9.13 Å². The van der Waals surface area contributed by atoms with Crippen LogP contribution >= 0.6 is 0 Å². The molecule has 1 atom stereocenters. The number of rotatable bonds is 6. The van der Waals surface area contributed by atoms with Crippen LogP contribution in [0.4, 0.5) is 4.39 Å². The molecule has 0 saturated carbocycles. The molecule has 0 aliphatic heterocycles. The number of nitrogens with one attached hydrogen (secondary N) is 1. The van der Waals surface area contributed by atoms with Gasteiger partial charge in [-0.05, 0) is 45.9 Å². The molecule has 0 aromatic heterocycles. The highest BCUT2D eigenvalue weighted by Gasteiger charge is 2.22. The topological polar surface area (TPSA) is 21.3 Å². The van der Waals surface area contributed by atoms with E-state index in [1.807, 2.05) is 33.8 Å². The lowest BCUT2D eigenvalue weighted by atomic mass is 10.0. The van der Waals surface area contributed by atoms with Crippen LogP contribution in [0.5, 0.6) is 5.75 Å². The van der Waals surface area contributed by atoms with Crippen LogP contribution in [0.2, 0.25) is 0 Å². The molecule has 0 saturated heterocycles. The van der Waals surface area contributed by atoms with Crippen LogP contribution in [-0.2, 0) is 0 Å². The first-order valence-electron chi connectivity index (χ1n) is 6.62. The van der Waals surface area contributed by atoms with E-state index in [2.05, 4.69) is 12.2 Å². The fraction of sp³-hybridized carbons (Fsp3) is 0.600. The fourth-order valence-electron chi connectivity index (χ4n) is 1.80. The molecule has 1 N–H and O–H groups in total. The highest BCUT2D eigenvalue weighted by molar-refractivity contribution is 5.37. The van der Waals surface area contributed by atoms with Crippen LogP contribution in [-0.4, -0.2) is 12.1 Å². The Hall–Kier alpha value is -1.09. The summed E-state index contributed by atoms with van der Waals surface area (Å²) in [5.41, 5.74) is 0.329. The van der Waals surface area contributed by atoms with Gasteiger partial charge in [-0.15, -0.1) is 0 Å². The van der Waals surface area contributed by atoms with Gasteiger partial charge in [-0.3, -0.25) is 0 Å². The molecule has 0 bridgehead atoms. The molecule has 0 fully saturated rings. The summed E-state index contributed by atoms with van der Waals surface area (Å²) < 4.78 is 19.9. The fourth-order valence-corrected chi connectivity index (χ4v) is 1.80. The van der Waals surface area contributed by atoms with E-state index < -0.39 is 0 Å². The van der Waals surface area contributed by atoms with Crippen molar-refractivity contribution in [2.75, 3.05) is 6.54 Å². The second-order valence-corrected chi connectivity index (χ2v) is 5.15. The van der Waals surface area contributed by atoms with E-state index in [9.17, 15) is 4.39 Å². The normalized spacial score (nSPS) is 13.4. The summed E-state index contributed by atoms with van der Waals surface area (Å²) in [6, 6.07) is 4.95. The molecule has 1 unspecified atom stereocenters. The molecule has 0 radical (unpaired) electrons. The zero-order chi connectivity index (χ0) is 13.8. The standard InChI is InChI=1S/C15H24FNO/c1-6-15(4,5)18-13-10-8-9-12(16)14(13)11(3)17-7-2/h8-11,17H,6-7H2,1-5H3. The van der Waals surface area contributed by atoms with Crippen molar-refractivity contribution in [2.45, 2.75) is 52.7 Å². The first-order chi connectivity index (χ1) is 8.41. The molecule has 0 amide bonds. The maximum Gasteiger partial charge on any atom is 0.131 e. The second-order valence-electron chi connectivity index (χ2n) is 5.15.